The molecule has 0 aliphatic heterocycles. The van der Waals surface area contributed by atoms with Crippen molar-refractivity contribution in [2.24, 2.45) is 0 Å². The molecule has 1 aromatic rings. The van der Waals surface area contributed by atoms with Gasteiger partial charge in [0.05, 0.1) is 5.75 Å². The van der Waals surface area contributed by atoms with Crippen LogP contribution in [0.2, 0.25) is 0 Å². The Morgan fingerprint density at radius 1 is 1.25 bits per heavy atom. The van der Waals surface area contributed by atoms with Crippen LogP contribution in [0.25, 0.3) is 0 Å². The first kappa shape index (κ1) is 16.8. The third kappa shape index (κ3) is 6.81. The first-order chi connectivity index (χ1) is 9.07. The molecule has 0 fully saturated rings. The van der Waals surface area contributed by atoms with E-state index in [1.807, 2.05) is 0 Å². The first-order valence-corrected chi connectivity index (χ1v) is 8.58. The molecule has 0 aliphatic carbocycles. The first-order valence-electron chi connectivity index (χ1n) is 6.52. The lowest BCUT2D eigenvalue weighted by molar-refractivity contribution is 0.423. The molecule has 0 unspecified atom stereocenters. The number of hydrogen-bond acceptors (Lipinski definition) is 6. The van der Waals surface area contributed by atoms with Crippen LogP contribution in [-0.2, 0) is 16.4 Å². The molecule has 0 atom stereocenters. The molecular weight excluding hydrogens is 276 g/mol. The molecule has 1 heterocycles. The van der Waals surface area contributed by atoms with Crippen molar-refractivity contribution in [3.05, 3.63) is 18.0 Å². The maximum Gasteiger partial charge on any atom is 0.225 e. The normalized spacial score (nSPS) is 12.4. The Morgan fingerprint density at radius 3 is 2.25 bits per heavy atom. The summed E-state index contributed by atoms with van der Waals surface area (Å²) < 4.78 is 22.2. The van der Waals surface area contributed by atoms with E-state index < -0.39 is 9.84 Å². The van der Waals surface area contributed by atoms with Gasteiger partial charge >= 0.3 is 0 Å². The maximum absolute atomic E-state index is 11.1. The summed E-state index contributed by atoms with van der Waals surface area (Å²) in [4.78, 5) is 10.3. The Morgan fingerprint density at radius 2 is 1.80 bits per heavy atom. The minimum atomic E-state index is -2.97. The Hall–Kier alpha value is -1.21. The van der Waals surface area contributed by atoms with E-state index in [-0.39, 0.29) is 11.3 Å². The number of nitrogens with zero attached hydrogens (tertiary/aromatic N) is 3. The van der Waals surface area contributed by atoms with E-state index in [1.165, 1.54) is 6.26 Å². The Kier molecular flexibility index (Phi) is 5.47. The van der Waals surface area contributed by atoms with Crippen LogP contribution in [0.4, 0.5) is 5.95 Å². The van der Waals surface area contributed by atoms with Crippen LogP contribution in [-0.4, -0.2) is 49.5 Å². The molecule has 7 heteroatoms. The van der Waals surface area contributed by atoms with Crippen molar-refractivity contribution >= 4 is 15.8 Å². The topological polar surface area (TPSA) is 75.2 Å². The van der Waals surface area contributed by atoms with Crippen LogP contribution in [0.1, 0.15) is 26.3 Å². The van der Waals surface area contributed by atoms with E-state index in [4.69, 9.17) is 0 Å². The molecule has 0 aliphatic rings. The lowest BCUT2D eigenvalue weighted by Gasteiger charge is -2.20. The highest BCUT2D eigenvalue weighted by molar-refractivity contribution is 7.90. The average Bonchev–Trinajstić information content (AvgIpc) is 2.32. The van der Waals surface area contributed by atoms with Gasteiger partial charge in [0.25, 0.3) is 0 Å². The number of aromatic nitrogens is 2. The van der Waals surface area contributed by atoms with Crippen molar-refractivity contribution in [2.45, 2.75) is 32.9 Å². The SMILES string of the molecule is CN(CCS(C)(=O)=O)c1ncc(CNC(C)(C)C)cn1. The smallest absolute Gasteiger partial charge is 0.225 e. The van der Waals surface area contributed by atoms with Gasteiger partial charge in [-0.05, 0) is 20.8 Å². The van der Waals surface area contributed by atoms with Crippen LogP contribution >= 0.6 is 0 Å². The van der Waals surface area contributed by atoms with Gasteiger partial charge in [0.15, 0.2) is 0 Å². The molecule has 0 bridgehead atoms. The maximum atomic E-state index is 11.1. The lowest BCUT2D eigenvalue weighted by atomic mass is 10.1. The Labute approximate surface area is 121 Å². The molecule has 0 saturated heterocycles. The summed E-state index contributed by atoms with van der Waals surface area (Å²) in [5.74, 6) is 0.633. The second-order valence-electron chi connectivity index (χ2n) is 6.05. The molecule has 114 valence electrons. The predicted molar refractivity (Wildman–Crippen MR) is 81.6 cm³/mol. The summed E-state index contributed by atoms with van der Waals surface area (Å²) in [6.45, 7) is 7.39. The summed E-state index contributed by atoms with van der Waals surface area (Å²) in [7, 11) is -1.18. The average molecular weight is 300 g/mol. The molecular formula is C13H24N4O2S. The number of sulfone groups is 1. The number of hydrogen-bond donors (Lipinski definition) is 1. The third-order valence-corrected chi connectivity index (χ3v) is 3.58. The van der Waals surface area contributed by atoms with Gasteiger partial charge in [0.1, 0.15) is 9.84 Å². The molecule has 6 nitrogen and oxygen atoms in total. The molecule has 0 saturated carbocycles. The van der Waals surface area contributed by atoms with E-state index in [2.05, 4.69) is 36.1 Å². The van der Waals surface area contributed by atoms with Crippen LogP contribution in [0.5, 0.6) is 0 Å². The van der Waals surface area contributed by atoms with Crippen LogP contribution in [0.15, 0.2) is 12.4 Å². The van der Waals surface area contributed by atoms with Gasteiger partial charge in [-0.3, -0.25) is 0 Å². The van der Waals surface area contributed by atoms with Crippen LogP contribution < -0.4 is 10.2 Å². The van der Waals surface area contributed by atoms with Gasteiger partial charge in [-0.2, -0.15) is 0 Å². The van der Waals surface area contributed by atoms with Gasteiger partial charge < -0.3 is 10.2 Å². The van der Waals surface area contributed by atoms with Crippen LogP contribution in [0.3, 0.4) is 0 Å². The molecule has 20 heavy (non-hydrogen) atoms. The van der Waals surface area contributed by atoms with Crippen molar-refractivity contribution in [2.75, 3.05) is 30.5 Å². The Balaban J connectivity index is 2.57. The van der Waals surface area contributed by atoms with Crippen molar-refractivity contribution in [3.8, 4) is 0 Å². The summed E-state index contributed by atoms with van der Waals surface area (Å²) >= 11 is 0. The monoisotopic (exact) mass is 300 g/mol. The van der Waals surface area contributed by atoms with E-state index in [9.17, 15) is 8.42 Å². The molecule has 0 spiro atoms. The highest BCUT2D eigenvalue weighted by atomic mass is 32.2. The molecule has 1 aromatic heterocycles. The van der Waals surface area contributed by atoms with Gasteiger partial charge in [-0.15, -0.1) is 0 Å². The number of anilines is 1. The van der Waals surface area contributed by atoms with E-state index in [0.29, 0.717) is 19.0 Å². The third-order valence-electron chi connectivity index (χ3n) is 2.65. The minimum Gasteiger partial charge on any atom is -0.343 e. The second-order valence-corrected chi connectivity index (χ2v) is 8.31. The molecule has 1 rings (SSSR count). The zero-order valence-corrected chi connectivity index (χ0v) is 13.7. The Bertz CT molecular complexity index is 520. The zero-order valence-electron chi connectivity index (χ0n) is 12.8. The zero-order chi connectivity index (χ0) is 15.4. The van der Waals surface area contributed by atoms with Crippen molar-refractivity contribution in [1.82, 2.24) is 15.3 Å². The fraction of sp³-hybridized carbons (Fsp3) is 0.692. The van der Waals surface area contributed by atoms with Crippen molar-refractivity contribution in [1.29, 1.82) is 0 Å². The molecule has 0 amide bonds. The predicted octanol–water partition coefficient (Wildman–Crippen LogP) is 0.845. The van der Waals surface area contributed by atoms with Gasteiger partial charge in [0.2, 0.25) is 5.95 Å². The largest absolute Gasteiger partial charge is 0.343 e. The quantitative estimate of drug-likeness (QED) is 0.839. The number of rotatable bonds is 6. The second kappa shape index (κ2) is 6.49. The summed E-state index contributed by atoms with van der Waals surface area (Å²) in [6.07, 6.45) is 4.75. The van der Waals surface area contributed by atoms with Gasteiger partial charge in [-0.1, -0.05) is 0 Å². The van der Waals surface area contributed by atoms with E-state index >= 15 is 0 Å². The highest BCUT2D eigenvalue weighted by Gasteiger charge is 2.10. The van der Waals surface area contributed by atoms with Crippen LogP contribution in [0, 0.1) is 0 Å². The van der Waals surface area contributed by atoms with E-state index in [0.717, 1.165) is 5.56 Å². The summed E-state index contributed by atoms with van der Waals surface area (Å²) in [6, 6.07) is 0. The van der Waals surface area contributed by atoms with Gasteiger partial charge in [-0.25, -0.2) is 18.4 Å². The standard InChI is InChI=1S/C13H24N4O2S/c1-13(2,3)16-10-11-8-14-12(15-9-11)17(4)6-7-20(5,18)19/h8-9,16H,6-7,10H2,1-5H3. The van der Waals surface area contributed by atoms with Crippen molar-refractivity contribution in [3.63, 3.8) is 0 Å². The lowest BCUT2D eigenvalue weighted by Crippen LogP contribution is -2.35. The fourth-order valence-corrected chi connectivity index (χ4v) is 2.01. The minimum absolute atomic E-state index is 0.0466. The molecule has 0 radical (unpaired) electrons. The van der Waals surface area contributed by atoms with Crippen molar-refractivity contribution < 1.29 is 8.42 Å². The van der Waals surface area contributed by atoms with E-state index in [1.54, 1.807) is 24.3 Å². The fourth-order valence-electron chi connectivity index (χ4n) is 1.41. The number of nitrogens with one attached hydrogen (secondary N) is 1. The molecule has 1 N–H and O–H groups in total. The van der Waals surface area contributed by atoms with Gasteiger partial charge in [0, 0.05) is 49.9 Å². The summed E-state index contributed by atoms with van der Waals surface area (Å²) in [5, 5.41) is 3.36. The highest BCUT2D eigenvalue weighted by Crippen LogP contribution is 2.07. The molecule has 0 aromatic carbocycles. The summed E-state index contributed by atoms with van der Waals surface area (Å²) in [5.41, 5.74) is 1.05.